The van der Waals surface area contributed by atoms with Crippen LogP contribution in [0, 0.1) is 11.6 Å². The van der Waals surface area contributed by atoms with Crippen molar-refractivity contribution >= 4 is 21.8 Å². The van der Waals surface area contributed by atoms with Crippen LogP contribution in [0.4, 0.5) is 19.3 Å². The average molecular weight is 412 g/mol. The standard InChI is InChI=1S/C19H22F2N2O4S/c1-4-13(2)23(19(24)22-15-8-9-17(20)18(21)11-15)12-14-6-5-7-16(10-14)27-28(3,25)26/h5-11,13H,4,12H2,1-3H3,(H,22,24)/t13-/m1/s1. The maximum atomic E-state index is 13.4. The van der Waals surface area contributed by atoms with E-state index in [9.17, 15) is 22.0 Å². The van der Waals surface area contributed by atoms with E-state index in [0.29, 0.717) is 12.0 Å². The van der Waals surface area contributed by atoms with Crippen LogP contribution in [0.25, 0.3) is 0 Å². The molecule has 0 bridgehead atoms. The van der Waals surface area contributed by atoms with Gasteiger partial charge in [-0.3, -0.25) is 0 Å². The minimum atomic E-state index is -3.67. The van der Waals surface area contributed by atoms with Gasteiger partial charge in [0, 0.05) is 24.3 Å². The van der Waals surface area contributed by atoms with Gasteiger partial charge in [0.15, 0.2) is 11.6 Å². The van der Waals surface area contributed by atoms with Crippen molar-refractivity contribution in [3.63, 3.8) is 0 Å². The monoisotopic (exact) mass is 412 g/mol. The molecule has 6 nitrogen and oxygen atoms in total. The van der Waals surface area contributed by atoms with Gasteiger partial charge in [-0.1, -0.05) is 19.1 Å². The van der Waals surface area contributed by atoms with Crippen LogP contribution in [0.3, 0.4) is 0 Å². The van der Waals surface area contributed by atoms with Gasteiger partial charge in [-0.15, -0.1) is 0 Å². The summed E-state index contributed by atoms with van der Waals surface area (Å²) in [7, 11) is -3.67. The lowest BCUT2D eigenvalue weighted by Gasteiger charge is -2.29. The fraction of sp³-hybridized carbons (Fsp3) is 0.316. The quantitative estimate of drug-likeness (QED) is 0.694. The van der Waals surface area contributed by atoms with E-state index in [2.05, 4.69) is 5.32 Å². The van der Waals surface area contributed by atoms with E-state index in [-0.39, 0.29) is 24.0 Å². The number of carbonyl (C=O) groups is 1. The van der Waals surface area contributed by atoms with E-state index < -0.39 is 27.8 Å². The Morgan fingerprint density at radius 2 is 1.89 bits per heavy atom. The molecule has 0 saturated carbocycles. The number of nitrogens with one attached hydrogen (secondary N) is 1. The third kappa shape index (κ3) is 6.19. The molecule has 152 valence electrons. The fourth-order valence-corrected chi connectivity index (χ4v) is 2.94. The first-order chi connectivity index (χ1) is 13.1. The highest BCUT2D eigenvalue weighted by molar-refractivity contribution is 7.86. The fourth-order valence-electron chi connectivity index (χ4n) is 2.48. The lowest BCUT2D eigenvalue weighted by molar-refractivity contribution is 0.187. The predicted molar refractivity (Wildman–Crippen MR) is 103 cm³/mol. The van der Waals surface area contributed by atoms with E-state index in [4.69, 9.17) is 4.18 Å². The van der Waals surface area contributed by atoms with Gasteiger partial charge in [-0.05, 0) is 43.2 Å². The van der Waals surface area contributed by atoms with Crippen molar-refractivity contribution in [2.45, 2.75) is 32.9 Å². The van der Waals surface area contributed by atoms with E-state index in [0.717, 1.165) is 18.4 Å². The summed E-state index contributed by atoms with van der Waals surface area (Å²) in [6, 6.07) is 8.84. The molecule has 0 unspecified atom stereocenters. The number of hydrogen-bond donors (Lipinski definition) is 1. The molecule has 2 aromatic rings. The van der Waals surface area contributed by atoms with Gasteiger partial charge in [0.25, 0.3) is 0 Å². The summed E-state index contributed by atoms with van der Waals surface area (Å²) in [5.74, 6) is -1.91. The van der Waals surface area contributed by atoms with Crippen molar-refractivity contribution in [3.8, 4) is 5.75 Å². The van der Waals surface area contributed by atoms with Crippen molar-refractivity contribution in [3.05, 3.63) is 59.7 Å². The van der Waals surface area contributed by atoms with Crippen LogP contribution in [0.15, 0.2) is 42.5 Å². The molecule has 2 rings (SSSR count). The molecule has 0 aliphatic rings. The predicted octanol–water partition coefficient (Wildman–Crippen LogP) is 4.14. The molecule has 0 saturated heterocycles. The zero-order valence-electron chi connectivity index (χ0n) is 15.8. The lowest BCUT2D eigenvalue weighted by atomic mass is 10.1. The molecule has 0 radical (unpaired) electrons. The lowest BCUT2D eigenvalue weighted by Crippen LogP contribution is -2.40. The maximum absolute atomic E-state index is 13.4. The molecule has 28 heavy (non-hydrogen) atoms. The van der Waals surface area contributed by atoms with Crippen LogP contribution in [0.5, 0.6) is 5.75 Å². The minimum absolute atomic E-state index is 0.131. The van der Waals surface area contributed by atoms with Gasteiger partial charge in [-0.25, -0.2) is 13.6 Å². The summed E-state index contributed by atoms with van der Waals surface area (Å²) < 4.78 is 53.9. The van der Waals surface area contributed by atoms with Crippen LogP contribution in [0.2, 0.25) is 0 Å². The number of amides is 2. The summed E-state index contributed by atoms with van der Waals surface area (Å²) in [6.07, 6.45) is 1.60. The molecule has 2 aromatic carbocycles. The second-order valence-corrected chi connectivity index (χ2v) is 7.95. The Morgan fingerprint density at radius 3 is 2.50 bits per heavy atom. The van der Waals surface area contributed by atoms with Crippen molar-refractivity contribution in [1.82, 2.24) is 4.90 Å². The van der Waals surface area contributed by atoms with Crippen LogP contribution >= 0.6 is 0 Å². The number of nitrogens with zero attached hydrogens (tertiary/aromatic N) is 1. The summed E-state index contributed by atoms with van der Waals surface area (Å²) in [5.41, 5.74) is 0.785. The molecular formula is C19H22F2N2O4S. The van der Waals surface area contributed by atoms with Crippen LogP contribution < -0.4 is 9.50 Å². The maximum Gasteiger partial charge on any atom is 0.322 e. The van der Waals surface area contributed by atoms with Crippen LogP contribution in [-0.4, -0.2) is 31.6 Å². The Morgan fingerprint density at radius 1 is 1.18 bits per heavy atom. The highest BCUT2D eigenvalue weighted by Gasteiger charge is 2.20. The second-order valence-electron chi connectivity index (χ2n) is 6.38. The highest BCUT2D eigenvalue weighted by Crippen LogP contribution is 2.20. The van der Waals surface area contributed by atoms with Crippen molar-refractivity contribution in [1.29, 1.82) is 0 Å². The van der Waals surface area contributed by atoms with E-state index in [1.54, 1.807) is 12.1 Å². The number of anilines is 1. The minimum Gasteiger partial charge on any atom is -0.383 e. The molecule has 0 aromatic heterocycles. The number of hydrogen-bond acceptors (Lipinski definition) is 4. The normalized spacial score (nSPS) is 12.3. The summed E-state index contributed by atoms with van der Waals surface area (Å²) >= 11 is 0. The van der Waals surface area contributed by atoms with Crippen molar-refractivity contribution < 1.29 is 26.2 Å². The molecule has 0 aliphatic carbocycles. The van der Waals surface area contributed by atoms with Crippen LogP contribution in [-0.2, 0) is 16.7 Å². The molecule has 0 fully saturated rings. The number of carbonyl (C=O) groups excluding carboxylic acids is 1. The van der Waals surface area contributed by atoms with Crippen LogP contribution in [0.1, 0.15) is 25.8 Å². The van der Waals surface area contributed by atoms with Gasteiger partial charge in [0.05, 0.1) is 6.26 Å². The first kappa shape index (κ1) is 21.6. The number of benzene rings is 2. The second kappa shape index (κ2) is 9.01. The number of urea groups is 1. The molecule has 2 amide bonds. The van der Waals surface area contributed by atoms with Gasteiger partial charge in [-0.2, -0.15) is 8.42 Å². The highest BCUT2D eigenvalue weighted by atomic mass is 32.2. The third-order valence-electron chi connectivity index (χ3n) is 4.05. The van der Waals surface area contributed by atoms with Gasteiger partial charge < -0.3 is 14.4 Å². The average Bonchev–Trinajstić information content (AvgIpc) is 2.61. The smallest absolute Gasteiger partial charge is 0.322 e. The Kier molecular flexibility index (Phi) is 6.95. The molecule has 0 spiro atoms. The first-order valence-electron chi connectivity index (χ1n) is 8.60. The largest absolute Gasteiger partial charge is 0.383 e. The zero-order valence-corrected chi connectivity index (χ0v) is 16.6. The van der Waals surface area contributed by atoms with E-state index in [1.165, 1.54) is 23.1 Å². The Bertz CT molecular complexity index is 951. The summed E-state index contributed by atoms with van der Waals surface area (Å²) in [5, 5.41) is 2.55. The van der Waals surface area contributed by atoms with Gasteiger partial charge in [0.1, 0.15) is 5.75 Å². The van der Waals surface area contributed by atoms with Gasteiger partial charge >= 0.3 is 16.1 Å². The summed E-state index contributed by atoms with van der Waals surface area (Å²) in [6.45, 7) is 3.93. The number of rotatable bonds is 7. The Labute approximate surface area is 163 Å². The van der Waals surface area contributed by atoms with E-state index in [1.807, 2.05) is 13.8 Å². The SMILES string of the molecule is CC[C@@H](C)N(Cc1cccc(OS(C)(=O)=O)c1)C(=O)Nc1ccc(F)c(F)c1. The van der Waals surface area contributed by atoms with E-state index >= 15 is 0 Å². The molecule has 9 heteroatoms. The third-order valence-corrected chi connectivity index (χ3v) is 4.55. The molecular weight excluding hydrogens is 390 g/mol. The molecule has 1 N–H and O–H groups in total. The zero-order chi connectivity index (χ0) is 20.9. The first-order valence-corrected chi connectivity index (χ1v) is 10.4. The molecule has 0 aliphatic heterocycles. The molecule has 1 atom stereocenters. The Balaban J connectivity index is 2.20. The summed E-state index contributed by atoms with van der Waals surface area (Å²) in [4.78, 5) is 14.2. The van der Waals surface area contributed by atoms with Crippen molar-refractivity contribution in [2.75, 3.05) is 11.6 Å². The topological polar surface area (TPSA) is 75.7 Å². The molecule has 0 heterocycles. The van der Waals surface area contributed by atoms with Crippen molar-refractivity contribution in [2.24, 2.45) is 0 Å². The number of halogens is 2. The van der Waals surface area contributed by atoms with Gasteiger partial charge in [0.2, 0.25) is 0 Å². The Hall–Kier alpha value is -2.68.